The van der Waals surface area contributed by atoms with Crippen LogP contribution in [0.5, 0.6) is 0 Å². The van der Waals surface area contributed by atoms with Gasteiger partial charge in [-0.3, -0.25) is 0 Å². The van der Waals surface area contributed by atoms with Crippen molar-refractivity contribution in [2.75, 3.05) is 0 Å². The van der Waals surface area contributed by atoms with E-state index in [1.54, 1.807) is 0 Å². The van der Waals surface area contributed by atoms with Crippen molar-refractivity contribution in [2.45, 2.75) is 38.6 Å². The molecule has 0 saturated heterocycles. The predicted molar refractivity (Wildman–Crippen MR) is 81.6 cm³/mol. The molecule has 92 valence electrons. The predicted octanol–water partition coefficient (Wildman–Crippen LogP) is 4.52. The molecule has 0 aliphatic rings. The van der Waals surface area contributed by atoms with Crippen LogP contribution < -0.4 is 0 Å². The molecule has 0 aliphatic heterocycles. The molecule has 17 heavy (non-hydrogen) atoms. The van der Waals surface area contributed by atoms with E-state index in [2.05, 4.69) is 71.1 Å². The lowest BCUT2D eigenvalue weighted by Crippen LogP contribution is -2.26. The third-order valence-electron chi connectivity index (χ3n) is 3.28. The fraction of sp³-hybridized carbons (Fsp3) is 0.462. The molecule has 4 heteroatoms. The third-order valence-corrected chi connectivity index (χ3v) is 4.19. The molecular weight excluding hydrogens is 347 g/mol. The van der Waals surface area contributed by atoms with Crippen molar-refractivity contribution in [1.29, 1.82) is 0 Å². The minimum Gasteiger partial charge on any atom is -0.321 e. The van der Waals surface area contributed by atoms with Crippen LogP contribution in [0.2, 0.25) is 0 Å². The average molecular weight is 363 g/mol. The van der Waals surface area contributed by atoms with Crippen LogP contribution in [-0.4, -0.2) is 9.55 Å². The number of imidazole rings is 1. The molecule has 2 aromatic rings. The number of aromatic nitrogens is 2. The Bertz CT molecular complexity index is 546. The van der Waals surface area contributed by atoms with Crippen LogP contribution in [0.25, 0.3) is 11.0 Å². The van der Waals surface area contributed by atoms with E-state index >= 15 is 0 Å². The van der Waals surface area contributed by atoms with Gasteiger partial charge in [0.1, 0.15) is 5.82 Å². The van der Waals surface area contributed by atoms with Gasteiger partial charge < -0.3 is 4.57 Å². The molecular formula is C13H16ClIN2. The maximum atomic E-state index is 6.02. The van der Waals surface area contributed by atoms with Crippen molar-refractivity contribution in [3.8, 4) is 0 Å². The van der Waals surface area contributed by atoms with Gasteiger partial charge >= 0.3 is 0 Å². The van der Waals surface area contributed by atoms with E-state index in [1.807, 2.05) is 0 Å². The van der Waals surface area contributed by atoms with Crippen molar-refractivity contribution in [3.05, 3.63) is 27.6 Å². The van der Waals surface area contributed by atoms with E-state index < -0.39 is 0 Å². The summed E-state index contributed by atoms with van der Waals surface area (Å²) < 4.78 is 3.47. The molecule has 1 aromatic carbocycles. The van der Waals surface area contributed by atoms with Gasteiger partial charge in [0.2, 0.25) is 0 Å². The number of rotatable bonds is 3. The van der Waals surface area contributed by atoms with Crippen LogP contribution >= 0.6 is 34.2 Å². The SMILES string of the molecule is CCC(C)(C)n1c(CCl)nc2cc(I)ccc21. The highest BCUT2D eigenvalue weighted by Gasteiger charge is 2.23. The van der Waals surface area contributed by atoms with Gasteiger partial charge in [0.25, 0.3) is 0 Å². The minimum atomic E-state index is 0.0474. The summed E-state index contributed by atoms with van der Waals surface area (Å²) in [6.07, 6.45) is 1.05. The lowest BCUT2D eigenvalue weighted by molar-refractivity contribution is 0.344. The molecule has 0 unspecified atom stereocenters. The van der Waals surface area contributed by atoms with Gasteiger partial charge in [-0.25, -0.2) is 4.98 Å². The summed E-state index contributed by atoms with van der Waals surface area (Å²) in [6, 6.07) is 6.36. The van der Waals surface area contributed by atoms with Gasteiger partial charge in [-0.15, -0.1) is 11.6 Å². The van der Waals surface area contributed by atoms with E-state index in [0.717, 1.165) is 17.8 Å². The van der Waals surface area contributed by atoms with Crippen LogP contribution in [0, 0.1) is 3.57 Å². The van der Waals surface area contributed by atoms with E-state index in [-0.39, 0.29) is 5.54 Å². The maximum Gasteiger partial charge on any atom is 0.125 e. The van der Waals surface area contributed by atoms with Gasteiger partial charge in [-0.1, -0.05) is 6.92 Å². The second-order valence-electron chi connectivity index (χ2n) is 4.80. The second kappa shape index (κ2) is 4.76. The number of alkyl halides is 1. The summed E-state index contributed by atoms with van der Waals surface area (Å²) in [4.78, 5) is 4.63. The quantitative estimate of drug-likeness (QED) is 0.579. The highest BCUT2D eigenvalue weighted by Crippen LogP contribution is 2.29. The van der Waals surface area contributed by atoms with Crippen molar-refractivity contribution in [3.63, 3.8) is 0 Å². The van der Waals surface area contributed by atoms with E-state index in [1.165, 1.54) is 9.09 Å². The first-order valence-electron chi connectivity index (χ1n) is 5.73. The Labute approximate surface area is 121 Å². The maximum absolute atomic E-state index is 6.02. The lowest BCUT2D eigenvalue weighted by atomic mass is 10.0. The van der Waals surface area contributed by atoms with Crippen LogP contribution in [0.1, 0.15) is 33.0 Å². The average Bonchev–Trinajstić information content (AvgIpc) is 2.67. The van der Waals surface area contributed by atoms with Crippen molar-refractivity contribution in [2.24, 2.45) is 0 Å². The Hall–Kier alpha value is -0.290. The second-order valence-corrected chi connectivity index (χ2v) is 6.31. The molecule has 0 amide bonds. The molecule has 0 saturated carbocycles. The van der Waals surface area contributed by atoms with Gasteiger partial charge in [0, 0.05) is 9.11 Å². The number of hydrogen-bond donors (Lipinski definition) is 0. The molecule has 0 bridgehead atoms. The largest absolute Gasteiger partial charge is 0.321 e. The van der Waals surface area contributed by atoms with Crippen molar-refractivity contribution >= 4 is 45.2 Å². The highest BCUT2D eigenvalue weighted by molar-refractivity contribution is 14.1. The molecule has 0 aliphatic carbocycles. The van der Waals surface area contributed by atoms with Crippen molar-refractivity contribution in [1.82, 2.24) is 9.55 Å². The minimum absolute atomic E-state index is 0.0474. The van der Waals surface area contributed by atoms with Gasteiger partial charge in [0.15, 0.2) is 0 Å². The molecule has 0 radical (unpaired) electrons. The van der Waals surface area contributed by atoms with Gasteiger partial charge in [-0.05, 0) is 61.1 Å². The van der Waals surface area contributed by atoms with Crippen LogP contribution in [-0.2, 0) is 11.4 Å². The summed E-state index contributed by atoms with van der Waals surface area (Å²) in [7, 11) is 0. The van der Waals surface area contributed by atoms with Gasteiger partial charge in [-0.2, -0.15) is 0 Å². The Kier molecular flexibility index (Phi) is 3.69. The molecule has 1 aromatic heterocycles. The summed E-state index contributed by atoms with van der Waals surface area (Å²) in [5.41, 5.74) is 2.26. The Morgan fingerprint density at radius 2 is 2.12 bits per heavy atom. The fourth-order valence-corrected chi connectivity index (χ4v) is 2.68. The molecule has 1 heterocycles. The standard InChI is InChI=1S/C13H16ClIN2/c1-4-13(2,3)17-11-6-5-9(15)7-10(11)16-12(17)8-14/h5-7H,4,8H2,1-3H3. The zero-order valence-corrected chi connectivity index (χ0v) is 13.2. The van der Waals surface area contributed by atoms with E-state index in [4.69, 9.17) is 11.6 Å². The summed E-state index contributed by atoms with van der Waals surface area (Å²) in [5, 5.41) is 0. The molecule has 0 spiro atoms. The fourth-order valence-electron chi connectivity index (χ4n) is 2.03. The summed E-state index contributed by atoms with van der Waals surface area (Å²) in [5.74, 6) is 1.41. The molecule has 0 fully saturated rings. The van der Waals surface area contributed by atoms with Crippen LogP contribution in [0.4, 0.5) is 0 Å². The summed E-state index contributed by atoms with van der Waals surface area (Å²) in [6.45, 7) is 6.64. The number of nitrogens with zero attached hydrogens (tertiary/aromatic N) is 2. The smallest absolute Gasteiger partial charge is 0.125 e. The first-order chi connectivity index (χ1) is 7.99. The third kappa shape index (κ3) is 2.32. The monoisotopic (exact) mass is 362 g/mol. The first-order valence-corrected chi connectivity index (χ1v) is 7.34. The lowest BCUT2D eigenvalue weighted by Gasteiger charge is -2.27. The van der Waals surface area contributed by atoms with E-state index in [0.29, 0.717) is 5.88 Å². The zero-order chi connectivity index (χ0) is 12.6. The highest BCUT2D eigenvalue weighted by atomic mass is 127. The van der Waals surface area contributed by atoms with E-state index in [9.17, 15) is 0 Å². The number of benzene rings is 1. The number of hydrogen-bond acceptors (Lipinski definition) is 1. The first kappa shape index (κ1) is 13.1. The molecule has 0 N–H and O–H groups in total. The van der Waals surface area contributed by atoms with Gasteiger partial charge in [0.05, 0.1) is 16.9 Å². The topological polar surface area (TPSA) is 17.8 Å². The van der Waals surface area contributed by atoms with Crippen LogP contribution in [0.3, 0.4) is 0 Å². The van der Waals surface area contributed by atoms with Crippen molar-refractivity contribution < 1.29 is 0 Å². The van der Waals surface area contributed by atoms with Crippen LogP contribution in [0.15, 0.2) is 18.2 Å². The molecule has 2 nitrogen and oxygen atoms in total. The summed E-state index contributed by atoms with van der Waals surface area (Å²) >= 11 is 8.33. The Morgan fingerprint density at radius 3 is 2.71 bits per heavy atom. The molecule has 2 rings (SSSR count). The Balaban J connectivity index is 2.75. The number of halogens is 2. The Morgan fingerprint density at radius 1 is 1.41 bits per heavy atom. The normalized spacial score (nSPS) is 12.3. The zero-order valence-electron chi connectivity index (χ0n) is 10.3. The number of fused-ring (bicyclic) bond motifs is 1. The molecule has 0 atom stereocenters.